The predicted molar refractivity (Wildman–Crippen MR) is 109 cm³/mol. The topological polar surface area (TPSA) is 107 Å². The summed E-state index contributed by atoms with van der Waals surface area (Å²) in [6, 6.07) is 10.4. The largest absolute Gasteiger partial charge is 0.467 e. The number of nitrogens with zero attached hydrogens (tertiary/aromatic N) is 5. The van der Waals surface area contributed by atoms with E-state index in [0.717, 1.165) is 11.3 Å². The maximum Gasteiger partial charge on any atom is 0.312 e. The van der Waals surface area contributed by atoms with Gasteiger partial charge in [-0.25, -0.2) is 5.01 Å². The van der Waals surface area contributed by atoms with Gasteiger partial charge in [-0.05, 0) is 43.7 Å². The Morgan fingerprint density at radius 2 is 2.03 bits per heavy atom. The van der Waals surface area contributed by atoms with E-state index < -0.39 is 11.0 Å². The Bertz CT molecular complexity index is 1130. The molecule has 2 aromatic heterocycles. The van der Waals surface area contributed by atoms with Gasteiger partial charge in [0.25, 0.3) is 5.91 Å². The van der Waals surface area contributed by atoms with Crippen LogP contribution in [-0.2, 0) is 11.3 Å². The minimum atomic E-state index is -0.489. The SMILES string of the molecule is Cc1nn(CC(=O)N2N=C(c3ccc(Cl)cc3)CC2c2ccco2)c(C)c1[N+](=O)[O-]. The van der Waals surface area contributed by atoms with Crippen molar-refractivity contribution in [1.29, 1.82) is 0 Å². The third-order valence-electron chi connectivity index (χ3n) is 5.03. The number of benzene rings is 1. The number of hydrazone groups is 1. The molecule has 1 atom stereocenters. The van der Waals surface area contributed by atoms with Crippen LogP contribution >= 0.6 is 11.6 Å². The number of amides is 1. The summed E-state index contributed by atoms with van der Waals surface area (Å²) in [5.41, 5.74) is 2.08. The number of hydrogen-bond acceptors (Lipinski definition) is 6. The van der Waals surface area contributed by atoms with Gasteiger partial charge in [0.15, 0.2) is 0 Å². The van der Waals surface area contributed by atoms with Gasteiger partial charge in [-0.15, -0.1) is 0 Å². The van der Waals surface area contributed by atoms with E-state index in [1.807, 2.05) is 12.1 Å². The molecule has 0 N–H and O–H groups in total. The molecule has 1 amide bonds. The van der Waals surface area contributed by atoms with Crippen molar-refractivity contribution in [3.8, 4) is 0 Å². The minimum absolute atomic E-state index is 0.0860. The van der Waals surface area contributed by atoms with Gasteiger partial charge < -0.3 is 4.42 Å². The number of carbonyl (C=O) groups excluding carboxylic acids is 1. The Balaban J connectivity index is 1.65. The molecule has 1 aromatic carbocycles. The molecule has 1 unspecified atom stereocenters. The van der Waals surface area contributed by atoms with Crippen LogP contribution in [0, 0.1) is 24.0 Å². The molecule has 10 heteroatoms. The van der Waals surface area contributed by atoms with Crippen LogP contribution in [-0.4, -0.2) is 31.3 Å². The lowest BCUT2D eigenvalue weighted by molar-refractivity contribution is -0.386. The van der Waals surface area contributed by atoms with Gasteiger partial charge in [0.1, 0.15) is 29.7 Å². The number of aryl methyl sites for hydroxylation is 1. The summed E-state index contributed by atoms with van der Waals surface area (Å²) >= 11 is 5.97. The van der Waals surface area contributed by atoms with Gasteiger partial charge in [-0.3, -0.25) is 19.6 Å². The number of halogens is 1. The quantitative estimate of drug-likeness (QED) is 0.451. The molecular formula is C20H18ClN5O4. The minimum Gasteiger partial charge on any atom is -0.467 e. The van der Waals surface area contributed by atoms with Gasteiger partial charge in [0, 0.05) is 11.4 Å². The van der Waals surface area contributed by atoms with Gasteiger partial charge in [0.05, 0.1) is 16.9 Å². The molecule has 30 heavy (non-hydrogen) atoms. The van der Waals surface area contributed by atoms with Crippen molar-refractivity contribution in [2.24, 2.45) is 5.10 Å². The number of furan rings is 1. The molecule has 4 rings (SSSR count). The van der Waals surface area contributed by atoms with E-state index >= 15 is 0 Å². The molecule has 1 aliphatic rings. The molecule has 1 aliphatic heterocycles. The average molecular weight is 428 g/mol. The second-order valence-corrected chi connectivity index (χ2v) is 7.40. The molecular weight excluding hydrogens is 410 g/mol. The van der Waals surface area contributed by atoms with Crippen molar-refractivity contribution < 1.29 is 14.1 Å². The summed E-state index contributed by atoms with van der Waals surface area (Å²) in [5, 5.41) is 21.9. The molecule has 0 aliphatic carbocycles. The molecule has 9 nitrogen and oxygen atoms in total. The lowest BCUT2D eigenvalue weighted by Crippen LogP contribution is -2.30. The third kappa shape index (κ3) is 3.59. The van der Waals surface area contributed by atoms with E-state index in [0.29, 0.717) is 22.9 Å². The van der Waals surface area contributed by atoms with Crippen molar-refractivity contribution in [2.45, 2.75) is 32.9 Å². The first-order valence-corrected chi connectivity index (χ1v) is 9.60. The highest BCUT2D eigenvalue weighted by molar-refractivity contribution is 6.30. The number of aromatic nitrogens is 2. The van der Waals surface area contributed by atoms with E-state index in [-0.39, 0.29) is 23.8 Å². The zero-order chi connectivity index (χ0) is 21.4. The fraction of sp³-hybridized carbons (Fsp3) is 0.250. The number of rotatable bonds is 5. The van der Waals surface area contributed by atoms with Crippen molar-refractivity contribution in [3.05, 3.63) is 80.5 Å². The molecule has 0 spiro atoms. The lowest BCUT2D eigenvalue weighted by Gasteiger charge is -2.20. The summed E-state index contributed by atoms with van der Waals surface area (Å²) in [6.45, 7) is 2.95. The van der Waals surface area contributed by atoms with Gasteiger partial charge in [0.2, 0.25) is 0 Å². The molecule has 0 radical (unpaired) electrons. The fourth-order valence-electron chi connectivity index (χ4n) is 3.57. The Morgan fingerprint density at radius 1 is 1.30 bits per heavy atom. The Hall–Kier alpha value is -3.46. The van der Waals surface area contributed by atoms with Crippen LogP contribution in [0.3, 0.4) is 0 Å². The second kappa shape index (κ2) is 7.75. The maximum absolute atomic E-state index is 13.1. The highest BCUT2D eigenvalue weighted by Crippen LogP contribution is 2.33. The lowest BCUT2D eigenvalue weighted by atomic mass is 10.0. The first kappa shape index (κ1) is 19.8. The standard InChI is InChI=1S/C20H18ClN5O4/c1-12-20(26(28)29)13(2)24(22-12)11-19(27)25-17(18-4-3-9-30-18)10-16(23-25)14-5-7-15(21)8-6-14/h3-9,17H,10-11H2,1-2H3. The van der Waals surface area contributed by atoms with Crippen LogP contribution in [0.1, 0.15) is 35.2 Å². The first-order chi connectivity index (χ1) is 14.3. The van der Waals surface area contributed by atoms with E-state index in [1.165, 1.54) is 9.69 Å². The second-order valence-electron chi connectivity index (χ2n) is 6.96. The Labute approximate surface area is 176 Å². The molecule has 0 fully saturated rings. The molecule has 3 aromatic rings. The molecule has 0 saturated carbocycles. The van der Waals surface area contributed by atoms with Crippen molar-refractivity contribution >= 4 is 28.9 Å². The summed E-state index contributed by atoms with van der Waals surface area (Å²) in [4.78, 5) is 23.9. The van der Waals surface area contributed by atoms with E-state index in [2.05, 4.69) is 10.2 Å². The molecule has 154 valence electrons. The van der Waals surface area contributed by atoms with Crippen molar-refractivity contribution in [3.63, 3.8) is 0 Å². The first-order valence-electron chi connectivity index (χ1n) is 9.22. The third-order valence-corrected chi connectivity index (χ3v) is 5.28. The summed E-state index contributed by atoms with van der Waals surface area (Å²) < 4.78 is 6.87. The van der Waals surface area contributed by atoms with Crippen LogP contribution in [0.5, 0.6) is 0 Å². The van der Waals surface area contributed by atoms with Gasteiger partial charge >= 0.3 is 5.69 Å². The molecule has 0 bridgehead atoms. The van der Waals surface area contributed by atoms with Gasteiger partial charge in [-0.2, -0.15) is 10.2 Å². The van der Waals surface area contributed by atoms with Crippen LogP contribution in [0.15, 0.2) is 52.2 Å². The van der Waals surface area contributed by atoms with E-state index in [4.69, 9.17) is 16.0 Å². The zero-order valence-corrected chi connectivity index (χ0v) is 17.0. The van der Waals surface area contributed by atoms with E-state index in [9.17, 15) is 14.9 Å². The van der Waals surface area contributed by atoms with Gasteiger partial charge in [-0.1, -0.05) is 23.7 Å². The highest BCUT2D eigenvalue weighted by Gasteiger charge is 2.35. The normalized spacial score (nSPS) is 16.0. The van der Waals surface area contributed by atoms with Crippen LogP contribution in [0.2, 0.25) is 5.02 Å². The highest BCUT2D eigenvalue weighted by atomic mass is 35.5. The maximum atomic E-state index is 13.1. The van der Waals surface area contributed by atoms with Crippen LogP contribution < -0.4 is 0 Å². The zero-order valence-electron chi connectivity index (χ0n) is 16.3. The number of carbonyl (C=O) groups is 1. The van der Waals surface area contributed by atoms with Crippen molar-refractivity contribution in [2.75, 3.05) is 0 Å². The number of hydrogen-bond donors (Lipinski definition) is 0. The smallest absolute Gasteiger partial charge is 0.312 e. The molecule has 3 heterocycles. The summed E-state index contributed by atoms with van der Waals surface area (Å²) in [7, 11) is 0. The summed E-state index contributed by atoms with van der Waals surface area (Å²) in [6.07, 6.45) is 2.01. The fourth-order valence-corrected chi connectivity index (χ4v) is 3.69. The number of nitro groups is 1. The Kier molecular flexibility index (Phi) is 5.13. The molecule has 0 saturated heterocycles. The summed E-state index contributed by atoms with van der Waals surface area (Å²) in [5.74, 6) is 0.260. The predicted octanol–water partition coefficient (Wildman–Crippen LogP) is 4.03. The van der Waals surface area contributed by atoms with Crippen LogP contribution in [0.4, 0.5) is 5.69 Å². The van der Waals surface area contributed by atoms with Crippen molar-refractivity contribution in [1.82, 2.24) is 14.8 Å². The van der Waals surface area contributed by atoms with E-state index in [1.54, 1.807) is 44.4 Å². The van der Waals surface area contributed by atoms with Crippen LogP contribution in [0.25, 0.3) is 0 Å². The monoisotopic (exact) mass is 427 g/mol. The Morgan fingerprint density at radius 3 is 2.63 bits per heavy atom. The average Bonchev–Trinajstić information content (AvgIpc) is 3.42.